The SMILES string of the molecule is CCOC(=O)N[C@@H](C(=O)N1CCC(CN2CCCC2)CC1)C(C)C. The molecule has 138 valence electrons. The highest BCUT2D eigenvalue weighted by Gasteiger charge is 2.32. The molecule has 2 heterocycles. The summed E-state index contributed by atoms with van der Waals surface area (Å²) in [6.07, 6.45) is 4.27. The monoisotopic (exact) mass is 339 g/mol. The van der Waals surface area contributed by atoms with Crippen molar-refractivity contribution < 1.29 is 14.3 Å². The predicted octanol–water partition coefficient (Wildman–Crippen LogP) is 2.09. The summed E-state index contributed by atoms with van der Waals surface area (Å²) >= 11 is 0. The number of likely N-dealkylation sites (tertiary alicyclic amines) is 2. The number of nitrogens with one attached hydrogen (secondary N) is 1. The van der Waals surface area contributed by atoms with Crippen molar-refractivity contribution in [2.45, 2.75) is 52.5 Å². The Morgan fingerprint density at radius 1 is 1.12 bits per heavy atom. The standard InChI is InChI=1S/C18H33N3O3/c1-4-24-18(23)19-16(14(2)3)17(22)21-11-7-15(8-12-21)13-20-9-5-6-10-20/h14-16H,4-13H2,1-3H3,(H,19,23)/t16-/m1/s1. The number of carbonyl (C=O) groups excluding carboxylic acids is 2. The molecule has 6 nitrogen and oxygen atoms in total. The summed E-state index contributed by atoms with van der Waals surface area (Å²) in [6.45, 7) is 11.2. The molecule has 0 aliphatic carbocycles. The third-order valence-corrected chi connectivity index (χ3v) is 5.12. The van der Waals surface area contributed by atoms with Crippen molar-refractivity contribution in [2.24, 2.45) is 11.8 Å². The first kappa shape index (κ1) is 19.0. The van der Waals surface area contributed by atoms with E-state index >= 15 is 0 Å². The molecule has 0 aromatic carbocycles. The van der Waals surface area contributed by atoms with E-state index in [1.165, 1.54) is 32.5 Å². The molecule has 0 aromatic heterocycles. The number of hydrogen-bond donors (Lipinski definition) is 1. The van der Waals surface area contributed by atoms with Gasteiger partial charge in [-0.2, -0.15) is 0 Å². The molecular formula is C18H33N3O3. The maximum absolute atomic E-state index is 12.8. The van der Waals surface area contributed by atoms with E-state index in [1.807, 2.05) is 18.7 Å². The molecule has 0 radical (unpaired) electrons. The highest BCUT2D eigenvalue weighted by Crippen LogP contribution is 2.22. The number of ether oxygens (including phenoxy) is 1. The Hall–Kier alpha value is -1.30. The lowest BCUT2D eigenvalue weighted by Gasteiger charge is -2.36. The molecule has 0 spiro atoms. The van der Waals surface area contributed by atoms with E-state index in [0.29, 0.717) is 12.5 Å². The Morgan fingerprint density at radius 2 is 1.75 bits per heavy atom. The van der Waals surface area contributed by atoms with Crippen LogP contribution in [0.2, 0.25) is 0 Å². The molecule has 2 rings (SSSR count). The van der Waals surface area contributed by atoms with Gasteiger partial charge in [0.1, 0.15) is 6.04 Å². The summed E-state index contributed by atoms with van der Waals surface area (Å²) in [4.78, 5) is 28.9. The summed E-state index contributed by atoms with van der Waals surface area (Å²) < 4.78 is 4.93. The summed E-state index contributed by atoms with van der Waals surface area (Å²) in [5.41, 5.74) is 0. The maximum atomic E-state index is 12.8. The average Bonchev–Trinajstić information content (AvgIpc) is 3.06. The number of alkyl carbamates (subject to hydrolysis) is 1. The Labute approximate surface area is 145 Å². The number of carbonyl (C=O) groups is 2. The zero-order chi connectivity index (χ0) is 17.5. The normalized spacial score (nSPS) is 21.1. The van der Waals surface area contributed by atoms with Gasteiger partial charge in [-0.3, -0.25) is 4.79 Å². The lowest BCUT2D eigenvalue weighted by atomic mass is 9.94. The summed E-state index contributed by atoms with van der Waals surface area (Å²) in [5.74, 6) is 0.768. The second-order valence-electron chi connectivity index (χ2n) is 7.36. The van der Waals surface area contributed by atoms with Gasteiger partial charge >= 0.3 is 6.09 Å². The molecule has 2 fully saturated rings. The number of nitrogens with zero attached hydrogens (tertiary/aromatic N) is 2. The second-order valence-corrected chi connectivity index (χ2v) is 7.36. The van der Waals surface area contributed by atoms with E-state index in [1.54, 1.807) is 6.92 Å². The minimum atomic E-state index is -0.506. The van der Waals surface area contributed by atoms with E-state index < -0.39 is 12.1 Å². The zero-order valence-electron chi connectivity index (χ0n) is 15.4. The molecule has 0 aromatic rings. The smallest absolute Gasteiger partial charge is 0.407 e. The fourth-order valence-electron chi connectivity index (χ4n) is 3.68. The minimum Gasteiger partial charge on any atom is -0.450 e. The molecule has 2 amide bonds. The zero-order valence-corrected chi connectivity index (χ0v) is 15.4. The fourth-order valence-corrected chi connectivity index (χ4v) is 3.68. The van der Waals surface area contributed by atoms with Crippen LogP contribution in [0.3, 0.4) is 0 Å². The van der Waals surface area contributed by atoms with Crippen LogP contribution in [0.15, 0.2) is 0 Å². The number of piperidine rings is 1. The first-order valence-electron chi connectivity index (χ1n) is 9.45. The van der Waals surface area contributed by atoms with Crippen molar-refractivity contribution in [1.29, 1.82) is 0 Å². The van der Waals surface area contributed by atoms with Gasteiger partial charge < -0.3 is 19.9 Å². The molecular weight excluding hydrogens is 306 g/mol. The Kier molecular flexibility index (Phi) is 7.34. The van der Waals surface area contributed by atoms with Crippen molar-refractivity contribution >= 4 is 12.0 Å². The van der Waals surface area contributed by atoms with Gasteiger partial charge in [0, 0.05) is 19.6 Å². The Bertz CT molecular complexity index is 414. The van der Waals surface area contributed by atoms with E-state index in [4.69, 9.17) is 4.74 Å². The molecule has 2 aliphatic heterocycles. The van der Waals surface area contributed by atoms with Crippen LogP contribution >= 0.6 is 0 Å². The predicted molar refractivity (Wildman–Crippen MR) is 93.8 cm³/mol. The molecule has 24 heavy (non-hydrogen) atoms. The van der Waals surface area contributed by atoms with E-state index in [0.717, 1.165) is 25.9 Å². The van der Waals surface area contributed by atoms with Crippen molar-refractivity contribution in [1.82, 2.24) is 15.1 Å². The number of rotatable bonds is 6. The van der Waals surface area contributed by atoms with Crippen LogP contribution in [0.1, 0.15) is 46.5 Å². The van der Waals surface area contributed by atoms with Crippen LogP contribution in [-0.4, -0.2) is 67.2 Å². The van der Waals surface area contributed by atoms with Gasteiger partial charge in [-0.25, -0.2) is 4.79 Å². The molecule has 2 saturated heterocycles. The van der Waals surface area contributed by atoms with E-state index in [-0.39, 0.29) is 11.8 Å². The van der Waals surface area contributed by atoms with Crippen LogP contribution in [0.25, 0.3) is 0 Å². The number of hydrogen-bond acceptors (Lipinski definition) is 4. The molecule has 1 atom stereocenters. The average molecular weight is 339 g/mol. The van der Waals surface area contributed by atoms with Gasteiger partial charge in [-0.05, 0) is 57.5 Å². The number of amides is 2. The molecule has 0 saturated carbocycles. The van der Waals surface area contributed by atoms with Crippen LogP contribution in [0, 0.1) is 11.8 Å². The van der Waals surface area contributed by atoms with Gasteiger partial charge in [0.15, 0.2) is 0 Å². The fraction of sp³-hybridized carbons (Fsp3) is 0.889. The third-order valence-electron chi connectivity index (χ3n) is 5.12. The quantitative estimate of drug-likeness (QED) is 0.805. The topological polar surface area (TPSA) is 61.9 Å². The van der Waals surface area contributed by atoms with Crippen LogP contribution < -0.4 is 5.32 Å². The first-order valence-corrected chi connectivity index (χ1v) is 9.45. The lowest BCUT2D eigenvalue weighted by Crippen LogP contribution is -2.53. The van der Waals surface area contributed by atoms with E-state index in [2.05, 4.69) is 10.2 Å². The van der Waals surface area contributed by atoms with Crippen molar-refractivity contribution in [2.75, 3.05) is 39.3 Å². The van der Waals surface area contributed by atoms with Crippen molar-refractivity contribution in [3.05, 3.63) is 0 Å². The Morgan fingerprint density at radius 3 is 2.29 bits per heavy atom. The van der Waals surface area contributed by atoms with Gasteiger partial charge in [-0.1, -0.05) is 13.8 Å². The molecule has 0 bridgehead atoms. The molecule has 0 unspecified atom stereocenters. The third kappa shape index (κ3) is 5.36. The van der Waals surface area contributed by atoms with Crippen LogP contribution in [0.5, 0.6) is 0 Å². The van der Waals surface area contributed by atoms with Crippen LogP contribution in [-0.2, 0) is 9.53 Å². The summed E-state index contributed by atoms with van der Waals surface area (Å²) in [7, 11) is 0. The maximum Gasteiger partial charge on any atom is 0.407 e. The Balaban J connectivity index is 1.81. The van der Waals surface area contributed by atoms with Crippen molar-refractivity contribution in [3.63, 3.8) is 0 Å². The van der Waals surface area contributed by atoms with Crippen molar-refractivity contribution in [3.8, 4) is 0 Å². The van der Waals surface area contributed by atoms with E-state index in [9.17, 15) is 9.59 Å². The van der Waals surface area contributed by atoms with Gasteiger partial charge in [0.05, 0.1) is 6.61 Å². The van der Waals surface area contributed by atoms with Gasteiger partial charge in [-0.15, -0.1) is 0 Å². The highest BCUT2D eigenvalue weighted by molar-refractivity contribution is 5.86. The first-order chi connectivity index (χ1) is 11.5. The minimum absolute atomic E-state index is 0.0256. The van der Waals surface area contributed by atoms with Crippen LogP contribution in [0.4, 0.5) is 4.79 Å². The largest absolute Gasteiger partial charge is 0.450 e. The van der Waals surface area contributed by atoms with Gasteiger partial charge in [0.2, 0.25) is 5.91 Å². The second kappa shape index (κ2) is 9.25. The molecule has 6 heteroatoms. The summed E-state index contributed by atoms with van der Waals surface area (Å²) in [5, 5.41) is 2.72. The highest BCUT2D eigenvalue weighted by atomic mass is 16.5. The molecule has 2 aliphatic rings. The summed E-state index contributed by atoms with van der Waals surface area (Å²) in [6, 6.07) is -0.501. The molecule has 1 N–H and O–H groups in total. The van der Waals surface area contributed by atoms with Gasteiger partial charge in [0.25, 0.3) is 0 Å². The lowest BCUT2D eigenvalue weighted by molar-refractivity contribution is -0.135.